The topological polar surface area (TPSA) is 48.4 Å². The average Bonchev–Trinajstić information content (AvgIpc) is 2.82. The van der Waals surface area contributed by atoms with Gasteiger partial charge in [-0.15, -0.1) is 0 Å². The Hall–Kier alpha value is -2.80. The molecule has 2 aromatic rings. The van der Waals surface area contributed by atoms with Crippen molar-refractivity contribution in [3.63, 3.8) is 0 Å². The van der Waals surface area contributed by atoms with E-state index in [1.807, 2.05) is 38.1 Å². The zero-order chi connectivity index (χ0) is 23.0. The molecule has 1 aromatic heterocycles. The summed E-state index contributed by atoms with van der Waals surface area (Å²) < 4.78 is 11.1. The lowest BCUT2D eigenvalue weighted by Crippen LogP contribution is -2.15. The Morgan fingerprint density at radius 2 is 1.50 bits per heavy atom. The standard InChI is InChI=1S/C28H37NO3/c1-4-6-7-8-9-10-11-12-21-31-26-18-15-24(16-19-26)13-14-25-17-20-27(29-22-25)28(30)32-23(3)5-2/h15-20,22-23H,4-12,21H2,1-3H3/t23-/m0/s1. The van der Waals surface area contributed by atoms with Crippen LogP contribution in [0.4, 0.5) is 0 Å². The fraction of sp³-hybridized carbons (Fsp3) is 0.500. The lowest BCUT2D eigenvalue weighted by Gasteiger charge is -2.09. The predicted molar refractivity (Wildman–Crippen MR) is 130 cm³/mol. The van der Waals surface area contributed by atoms with Crippen LogP contribution in [-0.2, 0) is 4.74 Å². The van der Waals surface area contributed by atoms with Gasteiger partial charge in [-0.25, -0.2) is 9.78 Å². The van der Waals surface area contributed by atoms with Gasteiger partial charge in [0.15, 0.2) is 0 Å². The van der Waals surface area contributed by atoms with Gasteiger partial charge in [0, 0.05) is 17.3 Å². The van der Waals surface area contributed by atoms with Crippen molar-refractivity contribution >= 4 is 5.97 Å². The lowest BCUT2D eigenvalue weighted by atomic mass is 10.1. The van der Waals surface area contributed by atoms with Gasteiger partial charge in [-0.3, -0.25) is 0 Å². The molecule has 172 valence electrons. The second-order valence-electron chi connectivity index (χ2n) is 8.15. The molecule has 0 unspecified atom stereocenters. The maximum absolute atomic E-state index is 12.0. The normalized spacial score (nSPS) is 11.3. The van der Waals surface area contributed by atoms with Crippen molar-refractivity contribution in [1.29, 1.82) is 0 Å². The summed E-state index contributed by atoms with van der Waals surface area (Å²) in [4.78, 5) is 16.1. The fourth-order valence-corrected chi connectivity index (χ4v) is 3.12. The second-order valence-corrected chi connectivity index (χ2v) is 8.15. The van der Waals surface area contributed by atoms with Crippen LogP contribution < -0.4 is 4.74 Å². The molecule has 0 radical (unpaired) electrons. The number of hydrogen-bond donors (Lipinski definition) is 0. The number of pyridine rings is 1. The van der Waals surface area contributed by atoms with Crippen LogP contribution in [0, 0.1) is 11.8 Å². The summed E-state index contributed by atoms with van der Waals surface area (Å²) in [6, 6.07) is 11.3. The van der Waals surface area contributed by atoms with E-state index in [9.17, 15) is 4.79 Å². The van der Waals surface area contributed by atoms with E-state index < -0.39 is 5.97 Å². The highest BCUT2D eigenvalue weighted by molar-refractivity contribution is 5.87. The number of esters is 1. The van der Waals surface area contributed by atoms with Crippen molar-refractivity contribution < 1.29 is 14.3 Å². The molecule has 0 saturated carbocycles. The maximum Gasteiger partial charge on any atom is 0.357 e. The van der Waals surface area contributed by atoms with Gasteiger partial charge in [0.05, 0.1) is 12.7 Å². The minimum absolute atomic E-state index is 0.115. The van der Waals surface area contributed by atoms with Gasteiger partial charge in [-0.2, -0.15) is 0 Å². The first kappa shape index (κ1) is 25.5. The van der Waals surface area contributed by atoms with E-state index in [-0.39, 0.29) is 6.10 Å². The molecule has 32 heavy (non-hydrogen) atoms. The van der Waals surface area contributed by atoms with Gasteiger partial charge in [-0.05, 0) is 56.2 Å². The number of unbranched alkanes of at least 4 members (excludes halogenated alkanes) is 7. The van der Waals surface area contributed by atoms with Gasteiger partial charge in [0.2, 0.25) is 0 Å². The van der Waals surface area contributed by atoms with Crippen LogP contribution in [-0.4, -0.2) is 23.7 Å². The monoisotopic (exact) mass is 435 g/mol. The number of nitrogens with zero attached hydrogens (tertiary/aromatic N) is 1. The molecule has 0 aliphatic carbocycles. The van der Waals surface area contributed by atoms with Crippen LogP contribution in [0.5, 0.6) is 5.75 Å². The Morgan fingerprint density at radius 1 is 0.875 bits per heavy atom. The third-order valence-electron chi connectivity index (χ3n) is 5.33. The van der Waals surface area contributed by atoms with Crippen molar-refractivity contribution in [3.8, 4) is 17.6 Å². The van der Waals surface area contributed by atoms with E-state index in [2.05, 4.69) is 23.7 Å². The SMILES string of the molecule is CCCCCCCCCCOc1ccc(C#Cc2ccc(C(=O)O[C@@H](C)CC)nc2)cc1. The Balaban J connectivity index is 1.72. The van der Waals surface area contributed by atoms with E-state index >= 15 is 0 Å². The first-order valence-corrected chi connectivity index (χ1v) is 12.0. The Labute approximate surface area is 193 Å². The second kappa shape index (κ2) is 15.1. The quantitative estimate of drug-likeness (QED) is 0.194. The lowest BCUT2D eigenvalue weighted by molar-refractivity contribution is 0.0327. The summed E-state index contributed by atoms with van der Waals surface area (Å²) in [5, 5.41) is 0. The molecule has 4 nitrogen and oxygen atoms in total. The molecule has 1 atom stereocenters. The van der Waals surface area contributed by atoms with Crippen molar-refractivity contribution in [1.82, 2.24) is 4.98 Å². The van der Waals surface area contributed by atoms with Crippen molar-refractivity contribution in [3.05, 3.63) is 59.4 Å². The first-order valence-electron chi connectivity index (χ1n) is 12.0. The molecule has 0 aliphatic rings. The van der Waals surface area contributed by atoms with E-state index in [0.29, 0.717) is 5.69 Å². The predicted octanol–water partition coefficient (Wildman–Crippen LogP) is 6.96. The van der Waals surface area contributed by atoms with Crippen molar-refractivity contribution in [2.75, 3.05) is 6.61 Å². The summed E-state index contributed by atoms with van der Waals surface area (Å²) >= 11 is 0. The summed E-state index contributed by atoms with van der Waals surface area (Å²) in [7, 11) is 0. The summed E-state index contributed by atoms with van der Waals surface area (Å²) in [5.74, 6) is 6.68. The molecule has 0 aliphatic heterocycles. The van der Waals surface area contributed by atoms with Gasteiger partial charge >= 0.3 is 5.97 Å². The van der Waals surface area contributed by atoms with Gasteiger partial charge < -0.3 is 9.47 Å². The highest BCUT2D eigenvalue weighted by Gasteiger charge is 2.11. The van der Waals surface area contributed by atoms with Crippen LogP contribution in [0.25, 0.3) is 0 Å². The summed E-state index contributed by atoms with van der Waals surface area (Å²) in [6.07, 6.45) is 12.6. The molecular weight excluding hydrogens is 398 g/mol. The number of carbonyl (C=O) groups excluding carboxylic acids is 1. The minimum atomic E-state index is -0.401. The van der Waals surface area contributed by atoms with Crippen LogP contribution in [0.3, 0.4) is 0 Å². The fourth-order valence-electron chi connectivity index (χ4n) is 3.12. The molecule has 1 aromatic carbocycles. The smallest absolute Gasteiger partial charge is 0.357 e. The van der Waals surface area contributed by atoms with Crippen molar-refractivity contribution in [2.24, 2.45) is 0 Å². The van der Waals surface area contributed by atoms with Crippen LogP contribution in [0.15, 0.2) is 42.6 Å². The van der Waals surface area contributed by atoms with Crippen LogP contribution in [0.1, 0.15) is 100 Å². The number of benzene rings is 1. The average molecular weight is 436 g/mol. The third-order valence-corrected chi connectivity index (χ3v) is 5.33. The number of carbonyl (C=O) groups is 1. The Kier molecular flexibility index (Phi) is 12.0. The molecule has 0 spiro atoms. The zero-order valence-electron chi connectivity index (χ0n) is 19.9. The molecule has 1 heterocycles. The van der Waals surface area contributed by atoms with E-state index in [1.54, 1.807) is 18.3 Å². The van der Waals surface area contributed by atoms with E-state index in [1.165, 1.54) is 44.9 Å². The number of rotatable bonds is 13. The van der Waals surface area contributed by atoms with Gasteiger partial charge in [-0.1, -0.05) is 70.6 Å². The molecular formula is C28H37NO3. The number of ether oxygens (including phenoxy) is 2. The molecule has 0 bridgehead atoms. The number of aromatic nitrogens is 1. The zero-order valence-corrected chi connectivity index (χ0v) is 19.9. The number of hydrogen-bond acceptors (Lipinski definition) is 4. The van der Waals surface area contributed by atoms with Crippen molar-refractivity contribution in [2.45, 2.75) is 84.7 Å². The summed E-state index contributed by atoms with van der Waals surface area (Å²) in [6.45, 7) is 6.85. The van der Waals surface area contributed by atoms with E-state index in [0.717, 1.165) is 36.3 Å². The van der Waals surface area contributed by atoms with Gasteiger partial charge in [0.1, 0.15) is 11.4 Å². The third kappa shape index (κ3) is 10.0. The first-order chi connectivity index (χ1) is 15.6. The minimum Gasteiger partial charge on any atom is -0.494 e. The largest absolute Gasteiger partial charge is 0.494 e. The van der Waals surface area contributed by atoms with E-state index in [4.69, 9.17) is 9.47 Å². The maximum atomic E-state index is 12.0. The van der Waals surface area contributed by atoms with Crippen LogP contribution in [0.2, 0.25) is 0 Å². The summed E-state index contributed by atoms with van der Waals surface area (Å²) in [5.41, 5.74) is 1.96. The molecule has 2 rings (SSSR count). The Bertz CT molecular complexity index is 847. The highest BCUT2D eigenvalue weighted by atomic mass is 16.5. The van der Waals surface area contributed by atoms with Crippen LogP contribution >= 0.6 is 0 Å². The Morgan fingerprint density at radius 3 is 2.12 bits per heavy atom. The molecule has 0 N–H and O–H groups in total. The highest BCUT2D eigenvalue weighted by Crippen LogP contribution is 2.14. The molecule has 4 heteroatoms. The molecule has 0 fully saturated rings. The molecule has 0 saturated heterocycles. The van der Waals surface area contributed by atoms with Gasteiger partial charge in [0.25, 0.3) is 0 Å². The molecule has 0 amide bonds.